The Morgan fingerprint density at radius 2 is 1.92 bits per heavy atom. The average molecular weight is 330 g/mol. The van der Waals surface area contributed by atoms with Crippen molar-refractivity contribution in [2.75, 3.05) is 20.2 Å². The molecule has 0 spiro atoms. The number of hydrogen-bond donors (Lipinski definition) is 0. The Balaban J connectivity index is 1.91. The van der Waals surface area contributed by atoms with E-state index in [0.29, 0.717) is 30.2 Å². The molecule has 0 saturated carbocycles. The van der Waals surface area contributed by atoms with Crippen molar-refractivity contribution in [3.8, 4) is 11.4 Å². The van der Waals surface area contributed by atoms with Gasteiger partial charge in [-0.1, -0.05) is 17.3 Å². The number of morpholine rings is 1. The van der Waals surface area contributed by atoms with Crippen molar-refractivity contribution >= 4 is 5.91 Å². The Hall–Kier alpha value is -2.41. The van der Waals surface area contributed by atoms with Crippen LogP contribution in [0.1, 0.15) is 30.0 Å². The van der Waals surface area contributed by atoms with Crippen LogP contribution in [-0.4, -0.2) is 58.2 Å². The number of ether oxygens (including phenoxy) is 2. The molecule has 1 saturated heterocycles. The van der Waals surface area contributed by atoms with Gasteiger partial charge in [0.05, 0.1) is 25.0 Å². The predicted molar refractivity (Wildman–Crippen MR) is 88.6 cm³/mol. The zero-order valence-corrected chi connectivity index (χ0v) is 14.4. The minimum atomic E-state index is -0.115. The highest BCUT2D eigenvalue weighted by atomic mass is 16.5. The van der Waals surface area contributed by atoms with Crippen LogP contribution in [0.25, 0.3) is 5.69 Å². The van der Waals surface area contributed by atoms with Crippen molar-refractivity contribution in [1.82, 2.24) is 19.9 Å². The Labute approximate surface area is 141 Å². The van der Waals surface area contributed by atoms with Crippen molar-refractivity contribution < 1.29 is 14.3 Å². The van der Waals surface area contributed by atoms with Gasteiger partial charge in [-0.2, -0.15) is 0 Å². The van der Waals surface area contributed by atoms with Gasteiger partial charge in [-0.05, 0) is 32.9 Å². The maximum atomic E-state index is 12.8. The SMILES string of the molecule is COc1ccccc1-n1nnc(C(=O)N2CC(C)OC(C)C2)c1C. The number of hydrogen-bond acceptors (Lipinski definition) is 5. The highest BCUT2D eigenvalue weighted by Crippen LogP contribution is 2.24. The number of rotatable bonds is 3. The van der Waals surface area contributed by atoms with E-state index in [4.69, 9.17) is 9.47 Å². The summed E-state index contributed by atoms with van der Waals surface area (Å²) < 4.78 is 12.7. The summed E-state index contributed by atoms with van der Waals surface area (Å²) in [6, 6.07) is 7.51. The van der Waals surface area contributed by atoms with Crippen molar-refractivity contribution in [2.45, 2.75) is 33.0 Å². The molecular weight excluding hydrogens is 308 g/mol. The quantitative estimate of drug-likeness (QED) is 0.859. The van der Waals surface area contributed by atoms with Crippen molar-refractivity contribution in [3.05, 3.63) is 35.7 Å². The zero-order valence-electron chi connectivity index (χ0n) is 14.4. The highest BCUT2D eigenvalue weighted by molar-refractivity contribution is 5.93. The van der Waals surface area contributed by atoms with Gasteiger partial charge in [0.1, 0.15) is 11.4 Å². The molecule has 24 heavy (non-hydrogen) atoms. The normalized spacial score (nSPS) is 20.9. The van der Waals surface area contributed by atoms with Gasteiger partial charge >= 0.3 is 0 Å². The summed E-state index contributed by atoms with van der Waals surface area (Å²) in [5.74, 6) is 0.564. The van der Waals surface area contributed by atoms with Crippen LogP contribution in [0.15, 0.2) is 24.3 Å². The molecule has 1 aliphatic heterocycles. The fraction of sp³-hybridized carbons (Fsp3) is 0.471. The standard InChI is InChI=1S/C17H22N4O3/c1-11-9-20(10-12(2)24-11)17(22)16-13(3)21(19-18-16)14-7-5-6-8-15(14)23-4/h5-8,11-12H,9-10H2,1-4H3. The molecule has 1 amide bonds. The summed E-state index contributed by atoms with van der Waals surface area (Å²) in [5.41, 5.74) is 1.81. The molecule has 2 atom stereocenters. The Bertz CT molecular complexity index is 733. The van der Waals surface area contributed by atoms with Gasteiger partial charge in [-0.15, -0.1) is 5.10 Å². The molecule has 2 unspecified atom stereocenters. The number of nitrogens with zero attached hydrogens (tertiary/aromatic N) is 4. The minimum Gasteiger partial charge on any atom is -0.494 e. The van der Waals surface area contributed by atoms with Gasteiger partial charge in [-0.3, -0.25) is 4.79 Å². The van der Waals surface area contributed by atoms with Gasteiger partial charge < -0.3 is 14.4 Å². The van der Waals surface area contributed by atoms with Crippen LogP contribution in [0.5, 0.6) is 5.75 Å². The monoisotopic (exact) mass is 330 g/mol. The van der Waals surface area contributed by atoms with E-state index in [9.17, 15) is 4.79 Å². The lowest BCUT2D eigenvalue weighted by molar-refractivity contribution is -0.0587. The summed E-state index contributed by atoms with van der Waals surface area (Å²) in [4.78, 5) is 14.6. The van der Waals surface area contributed by atoms with Gasteiger partial charge in [0.25, 0.3) is 5.91 Å². The van der Waals surface area contributed by atoms with Gasteiger partial charge in [0.15, 0.2) is 5.69 Å². The van der Waals surface area contributed by atoms with E-state index < -0.39 is 0 Å². The lowest BCUT2D eigenvalue weighted by Gasteiger charge is -2.34. The first-order valence-electron chi connectivity index (χ1n) is 8.01. The van der Waals surface area contributed by atoms with E-state index in [-0.39, 0.29) is 18.1 Å². The second-order valence-corrected chi connectivity index (χ2v) is 6.07. The van der Waals surface area contributed by atoms with Crippen molar-refractivity contribution in [2.24, 2.45) is 0 Å². The molecule has 1 fully saturated rings. The fourth-order valence-electron chi connectivity index (χ4n) is 3.05. The number of benzene rings is 1. The molecule has 1 aromatic carbocycles. The lowest BCUT2D eigenvalue weighted by atomic mass is 10.2. The van der Waals surface area contributed by atoms with E-state index >= 15 is 0 Å². The number of methoxy groups -OCH3 is 1. The molecule has 1 aliphatic rings. The molecule has 128 valence electrons. The molecule has 0 bridgehead atoms. The number of para-hydroxylation sites is 2. The van der Waals surface area contributed by atoms with E-state index in [1.165, 1.54) is 0 Å². The van der Waals surface area contributed by atoms with Crippen LogP contribution in [0, 0.1) is 6.92 Å². The van der Waals surface area contributed by atoms with E-state index in [2.05, 4.69) is 10.3 Å². The summed E-state index contributed by atoms with van der Waals surface area (Å²) >= 11 is 0. The van der Waals surface area contributed by atoms with Crippen molar-refractivity contribution in [1.29, 1.82) is 0 Å². The number of carbonyl (C=O) groups excluding carboxylic acids is 1. The second kappa shape index (κ2) is 6.60. The fourth-order valence-corrected chi connectivity index (χ4v) is 3.05. The second-order valence-electron chi connectivity index (χ2n) is 6.07. The molecule has 0 aliphatic carbocycles. The van der Waals surface area contributed by atoms with Crippen molar-refractivity contribution in [3.63, 3.8) is 0 Å². The molecule has 2 heterocycles. The van der Waals surface area contributed by atoms with Crippen LogP contribution >= 0.6 is 0 Å². The third-order valence-corrected chi connectivity index (χ3v) is 4.12. The third kappa shape index (κ3) is 2.99. The third-order valence-electron chi connectivity index (χ3n) is 4.12. The molecule has 1 aromatic heterocycles. The molecule has 0 N–H and O–H groups in total. The Morgan fingerprint density at radius 1 is 1.25 bits per heavy atom. The van der Waals surface area contributed by atoms with Gasteiger partial charge in [0, 0.05) is 13.1 Å². The zero-order chi connectivity index (χ0) is 17.3. The van der Waals surface area contributed by atoms with E-state index in [0.717, 1.165) is 5.69 Å². The molecule has 0 radical (unpaired) electrons. The Morgan fingerprint density at radius 3 is 2.58 bits per heavy atom. The highest BCUT2D eigenvalue weighted by Gasteiger charge is 2.30. The molecule has 3 rings (SSSR count). The van der Waals surface area contributed by atoms with Crippen LogP contribution in [0.2, 0.25) is 0 Å². The largest absolute Gasteiger partial charge is 0.494 e. The maximum absolute atomic E-state index is 12.8. The number of aromatic nitrogens is 3. The van der Waals surface area contributed by atoms with E-state index in [1.54, 1.807) is 16.7 Å². The first-order valence-corrected chi connectivity index (χ1v) is 8.01. The number of amides is 1. The van der Waals surface area contributed by atoms with Gasteiger partial charge in [0.2, 0.25) is 0 Å². The van der Waals surface area contributed by atoms with Crippen LogP contribution < -0.4 is 4.74 Å². The molecule has 2 aromatic rings. The average Bonchev–Trinajstić information content (AvgIpc) is 2.94. The molecule has 7 heteroatoms. The van der Waals surface area contributed by atoms with Gasteiger partial charge in [-0.25, -0.2) is 4.68 Å². The minimum absolute atomic E-state index is 0.0160. The Kier molecular flexibility index (Phi) is 4.53. The number of carbonyl (C=O) groups is 1. The molecule has 7 nitrogen and oxygen atoms in total. The summed E-state index contributed by atoms with van der Waals surface area (Å²) in [6.07, 6.45) is 0.0320. The summed E-state index contributed by atoms with van der Waals surface area (Å²) in [6.45, 7) is 6.89. The first kappa shape index (κ1) is 16.4. The van der Waals surface area contributed by atoms with Crippen LogP contribution in [0.4, 0.5) is 0 Å². The molecular formula is C17H22N4O3. The predicted octanol–water partition coefficient (Wildman–Crippen LogP) is 1.83. The van der Waals surface area contributed by atoms with E-state index in [1.807, 2.05) is 45.0 Å². The summed E-state index contributed by atoms with van der Waals surface area (Å²) in [5, 5.41) is 8.27. The smallest absolute Gasteiger partial charge is 0.276 e. The lowest BCUT2D eigenvalue weighted by Crippen LogP contribution is -2.48. The van der Waals surface area contributed by atoms with Crippen LogP contribution in [0.3, 0.4) is 0 Å². The first-order chi connectivity index (χ1) is 11.5. The summed E-state index contributed by atoms with van der Waals surface area (Å²) in [7, 11) is 1.60. The maximum Gasteiger partial charge on any atom is 0.276 e. The topological polar surface area (TPSA) is 69.5 Å². The van der Waals surface area contributed by atoms with Crippen LogP contribution in [-0.2, 0) is 4.74 Å².